The molecule has 1 saturated heterocycles. The molecule has 2 aromatic rings. The van der Waals surface area contributed by atoms with E-state index >= 15 is 0 Å². The first-order valence-electron chi connectivity index (χ1n) is 8.26. The molecule has 1 amide bonds. The van der Waals surface area contributed by atoms with E-state index in [0.29, 0.717) is 30.1 Å². The topological polar surface area (TPSA) is 38.1 Å². The van der Waals surface area contributed by atoms with Crippen LogP contribution in [0, 0.1) is 17.6 Å². The molecule has 0 spiro atoms. The molecule has 128 valence electrons. The van der Waals surface area contributed by atoms with Crippen molar-refractivity contribution in [2.24, 2.45) is 13.0 Å². The quantitative estimate of drug-likeness (QED) is 0.862. The van der Waals surface area contributed by atoms with Crippen LogP contribution in [0.2, 0.25) is 0 Å². The summed E-state index contributed by atoms with van der Waals surface area (Å²) < 4.78 is 28.3. The fraction of sp³-hybridized carbons (Fsp3) is 0.444. The number of halogens is 2. The Balaban J connectivity index is 1.59. The van der Waals surface area contributed by atoms with Gasteiger partial charge >= 0.3 is 0 Å². The van der Waals surface area contributed by atoms with Gasteiger partial charge in [-0.15, -0.1) is 0 Å². The lowest BCUT2D eigenvalue weighted by atomic mass is 9.91. The van der Waals surface area contributed by atoms with Crippen molar-refractivity contribution in [3.05, 3.63) is 53.4 Å². The highest BCUT2D eigenvalue weighted by molar-refractivity contribution is 5.92. The van der Waals surface area contributed by atoms with Crippen LogP contribution in [0.4, 0.5) is 8.78 Å². The molecule has 24 heavy (non-hydrogen) atoms. The van der Waals surface area contributed by atoms with E-state index in [9.17, 15) is 13.6 Å². The summed E-state index contributed by atoms with van der Waals surface area (Å²) in [6, 6.07) is 5.44. The van der Waals surface area contributed by atoms with Gasteiger partial charge in [0.25, 0.3) is 5.91 Å². The molecule has 0 bridgehead atoms. The molecule has 2 heterocycles. The molecule has 1 aromatic heterocycles. The van der Waals surface area contributed by atoms with Crippen molar-refractivity contribution in [1.29, 1.82) is 0 Å². The summed E-state index contributed by atoms with van der Waals surface area (Å²) in [5.74, 6) is -0.719. The molecule has 0 unspecified atom stereocenters. The van der Waals surface area contributed by atoms with Gasteiger partial charge in [-0.3, -0.25) is 9.48 Å². The molecule has 0 N–H and O–H groups in total. The number of hydrogen-bond donors (Lipinski definition) is 0. The molecular weight excluding hydrogens is 312 g/mol. The summed E-state index contributed by atoms with van der Waals surface area (Å²) in [6.45, 7) is 1.41. The SMILES string of the molecule is Cn1nccc1C(=O)N1CCC[C@@H](CCc2ccc(F)cc2F)C1. The molecule has 1 fully saturated rings. The van der Waals surface area contributed by atoms with Crippen LogP contribution < -0.4 is 0 Å². The smallest absolute Gasteiger partial charge is 0.272 e. The summed E-state index contributed by atoms with van der Waals surface area (Å²) >= 11 is 0. The second-order valence-electron chi connectivity index (χ2n) is 6.37. The van der Waals surface area contributed by atoms with E-state index in [0.717, 1.165) is 31.9 Å². The van der Waals surface area contributed by atoms with Crippen molar-refractivity contribution in [1.82, 2.24) is 14.7 Å². The number of amides is 1. The molecule has 0 aliphatic carbocycles. The van der Waals surface area contributed by atoms with Gasteiger partial charge in [0, 0.05) is 32.4 Å². The zero-order valence-corrected chi connectivity index (χ0v) is 13.7. The molecule has 0 radical (unpaired) electrons. The minimum Gasteiger partial charge on any atom is -0.337 e. The Kier molecular flexibility index (Phi) is 4.92. The number of piperidine rings is 1. The van der Waals surface area contributed by atoms with Gasteiger partial charge in [-0.2, -0.15) is 5.10 Å². The Hall–Kier alpha value is -2.24. The van der Waals surface area contributed by atoms with E-state index in [1.54, 1.807) is 24.0 Å². The number of aryl methyl sites for hydroxylation is 2. The molecule has 1 aromatic carbocycles. The fourth-order valence-corrected chi connectivity index (χ4v) is 3.31. The zero-order valence-electron chi connectivity index (χ0n) is 13.7. The summed E-state index contributed by atoms with van der Waals surface area (Å²) in [5, 5.41) is 4.04. The summed E-state index contributed by atoms with van der Waals surface area (Å²) in [5.41, 5.74) is 1.12. The standard InChI is InChI=1S/C18H21F2N3O/c1-22-17(8-9-21-22)18(24)23-10-2-3-13(12-23)4-5-14-6-7-15(19)11-16(14)20/h6-9,11,13H,2-5,10,12H2,1H3/t13-/m0/s1. The fourth-order valence-electron chi connectivity index (χ4n) is 3.31. The number of rotatable bonds is 4. The first-order valence-corrected chi connectivity index (χ1v) is 8.26. The Morgan fingerprint density at radius 1 is 1.33 bits per heavy atom. The first-order chi connectivity index (χ1) is 11.5. The second kappa shape index (κ2) is 7.11. The molecule has 0 saturated carbocycles. The predicted octanol–water partition coefficient (Wildman–Crippen LogP) is 3.18. The third-order valence-electron chi connectivity index (χ3n) is 4.68. The number of hydrogen-bond acceptors (Lipinski definition) is 2. The molecule has 1 atom stereocenters. The maximum Gasteiger partial charge on any atom is 0.272 e. The van der Waals surface area contributed by atoms with E-state index < -0.39 is 11.6 Å². The van der Waals surface area contributed by atoms with Crippen LogP contribution in [0.25, 0.3) is 0 Å². The van der Waals surface area contributed by atoms with Crippen molar-refractivity contribution < 1.29 is 13.6 Å². The lowest BCUT2D eigenvalue weighted by molar-refractivity contribution is 0.0657. The van der Waals surface area contributed by atoms with Gasteiger partial charge in [0.2, 0.25) is 0 Å². The number of benzene rings is 1. The molecule has 1 aliphatic heterocycles. The van der Waals surface area contributed by atoms with Gasteiger partial charge in [0.1, 0.15) is 17.3 Å². The van der Waals surface area contributed by atoms with Crippen LogP contribution in [0.3, 0.4) is 0 Å². The monoisotopic (exact) mass is 333 g/mol. The van der Waals surface area contributed by atoms with Crippen LogP contribution in [0.15, 0.2) is 30.5 Å². The van der Waals surface area contributed by atoms with Crippen molar-refractivity contribution in [2.45, 2.75) is 25.7 Å². The number of carbonyl (C=O) groups is 1. The minimum absolute atomic E-state index is 0.00679. The molecule has 4 nitrogen and oxygen atoms in total. The van der Waals surface area contributed by atoms with Crippen molar-refractivity contribution in [3.63, 3.8) is 0 Å². The van der Waals surface area contributed by atoms with Crippen molar-refractivity contribution in [2.75, 3.05) is 13.1 Å². The van der Waals surface area contributed by atoms with Gasteiger partial charge in [-0.1, -0.05) is 6.07 Å². The van der Waals surface area contributed by atoms with Crippen LogP contribution >= 0.6 is 0 Å². The number of carbonyl (C=O) groups excluding carboxylic acids is 1. The van der Waals surface area contributed by atoms with Gasteiger partial charge in [0.05, 0.1) is 0 Å². The van der Waals surface area contributed by atoms with Crippen LogP contribution in [0.1, 0.15) is 35.3 Å². The van der Waals surface area contributed by atoms with Crippen LogP contribution in [-0.4, -0.2) is 33.7 Å². The highest BCUT2D eigenvalue weighted by atomic mass is 19.1. The lowest BCUT2D eigenvalue weighted by Crippen LogP contribution is -2.40. The largest absolute Gasteiger partial charge is 0.337 e. The Morgan fingerprint density at radius 2 is 2.17 bits per heavy atom. The number of aromatic nitrogens is 2. The van der Waals surface area contributed by atoms with E-state index in [2.05, 4.69) is 5.10 Å². The first kappa shape index (κ1) is 16.6. The van der Waals surface area contributed by atoms with E-state index in [1.807, 2.05) is 4.90 Å². The average molecular weight is 333 g/mol. The van der Waals surface area contributed by atoms with Gasteiger partial charge in [-0.05, 0) is 49.3 Å². The zero-order chi connectivity index (χ0) is 17.1. The predicted molar refractivity (Wildman–Crippen MR) is 86.5 cm³/mol. The Labute approximate surface area is 140 Å². The maximum atomic E-state index is 13.7. The van der Waals surface area contributed by atoms with Crippen molar-refractivity contribution >= 4 is 5.91 Å². The number of likely N-dealkylation sites (tertiary alicyclic amines) is 1. The van der Waals surface area contributed by atoms with Gasteiger partial charge in [0.15, 0.2) is 0 Å². The van der Waals surface area contributed by atoms with E-state index in [1.165, 1.54) is 12.1 Å². The third kappa shape index (κ3) is 3.63. The third-order valence-corrected chi connectivity index (χ3v) is 4.68. The summed E-state index contributed by atoms with van der Waals surface area (Å²) in [6.07, 6.45) is 4.94. The summed E-state index contributed by atoms with van der Waals surface area (Å²) in [7, 11) is 1.76. The Bertz CT molecular complexity index is 729. The molecule has 1 aliphatic rings. The Morgan fingerprint density at radius 3 is 2.88 bits per heavy atom. The molecule has 6 heteroatoms. The molecular formula is C18H21F2N3O. The minimum atomic E-state index is -0.554. The highest BCUT2D eigenvalue weighted by Gasteiger charge is 2.25. The molecule has 3 rings (SSSR count). The van der Waals surface area contributed by atoms with Gasteiger partial charge in [-0.25, -0.2) is 8.78 Å². The van der Waals surface area contributed by atoms with E-state index in [4.69, 9.17) is 0 Å². The number of nitrogens with zero attached hydrogens (tertiary/aromatic N) is 3. The summed E-state index contributed by atoms with van der Waals surface area (Å²) in [4.78, 5) is 14.4. The van der Waals surface area contributed by atoms with Gasteiger partial charge < -0.3 is 4.90 Å². The second-order valence-corrected chi connectivity index (χ2v) is 6.37. The average Bonchev–Trinajstić information content (AvgIpc) is 3.00. The normalized spacial score (nSPS) is 18.0. The highest BCUT2D eigenvalue weighted by Crippen LogP contribution is 2.23. The van der Waals surface area contributed by atoms with Crippen molar-refractivity contribution in [3.8, 4) is 0 Å². The van der Waals surface area contributed by atoms with Crippen LogP contribution in [0.5, 0.6) is 0 Å². The van der Waals surface area contributed by atoms with E-state index in [-0.39, 0.29) is 5.91 Å². The lowest BCUT2D eigenvalue weighted by Gasteiger charge is -2.32. The van der Waals surface area contributed by atoms with Crippen LogP contribution in [-0.2, 0) is 13.5 Å². The maximum absolute atomic E-state index is 13.7.